The predicted octanol–water partition coefficient (Wildman–Crippen LogP) is 7.78. The van der Waals surface area contributed by atoms with Gasteiger partial charge in [0.1, 0.15) is 23.7 Å². The second-order valence-corrected chi connectivity index (χ2v) is 16.9. The predicted molar refractivity (Wildman–Crippen MR) is 225 cm³/mol. The molecule has 5 N–H and O–H groups in total. The van der Waals surface area contributed by atoms with Crippen molar-refractivity contribution in [2.45, 2.75) is 78.6 Å². The zero-order chi connectivity index (χ0) is 42.1. The normalized spacial score (nSPS) is 20.3. The van der Waals surface area contributed by atoms with E-state index < -0.39 is 24.3 Å². The Bertz CT molecular complexity index is 2320. The molecule has 5 aromatic rings. The summed E-state index contributed by atoms with van der Waals surface area (Å²) in [6.07, 6.45) is 1.47. The first kappa shape index (κ1) is 41.0. The molecule has 59 heavy (non-hydrogen) atoms. The Morgan fingerprint density at radius 2 is 1.20 bits per heavy atom. The highest BCUT2D eigenvalue weighted by Crippen LogP contribution is 2.38. The van der Waals surface area contributed by atoms with Gasteiger partial charge in [-0.3, -0.25) is 9.59 Å². The fourth-order valence-electron chi connectivity index (χ4n) is 8.52. The van der Waals surface area contributed by atoms with E-state index in [0.717, 1.165) is 63.2 Å². The summed E-state index contributed by atoms with van der Waals surface area (Å²) in [5, 5.41) is 14.5. The summed E-state index contributed by atoms with van der Waals surface area (Å²) in [6, 6.07) is 20.8. The van der Waals surface area contributed by atoms with E-state index >= 15 is 0 Å². The molecule has 14 nitrogen and oxygen atoms in total. The highest BCUT2D eigenvalue weighted by molar-refractivity contribution is 5.88. The van der Waals surface area contributed by atoms with Gasteiger partial charge < -0.3 is 40.2 Å². The number of aromatic amines is 2. The number of nitrogens with one attached hydrogen (secondary N) is 4. The van der Waals surface area contributed by atoms with Crippen LogP contribution < -0.4 is 10.6 Å². The Labute approximate surface area is 344 Å². The Morgan fingerprint density at radius 3 is 1.73 bits per heavy atom. The van der Waals surface area contributed by atoms with Gasteiger partial charge in [-0.2, -0.15) is 0 Å². The average Bonchev–Trinajstić information content (AvgIpc) is 4.03. The molecule has 6 atom stereocenters. The average molecular weight is 803 g/mol. The minimum Gasteiger partial charge on any atom is -0.465 e. The summed E-state index contributed by atoms with van der Waals surface area (Å²) in [5.41, 5.74) is 7.72. The number of carbonyl (C=O) groups is 4. The van der Waals surface area contributed by atoms with Gasteiger partial charge in [-0.1, -0.05) is 96.1 Å². The fourth-order valence-corrected chi connectivity index (χ4v) is 8.52. The van der Waals surface area contributed by atoms with Crippen molar-refractivity contribution in [1.29, 1.82) is 0 Å². The summed E-state index contributed by atoms with van der Waals surface area (Å²) in [7, 11) is 1.29. The van der Waals surface area contributed by atoms with Gasteiger partial charge in [0.05, 0.1) is 42.1 Å². The van der Waals surface area contributed by atoms with E-state index in [-0.39, 0.29) is 47.6 Å². The summed E-state index contributed by atoms with van der Waals surface area (Å²) >= 11 is 0. The standard InChI is InChI=1S/C45H54N8O6/c1-24(2)38(50-44(56)57)42(54)53-23-27(6)19-37(53)41-47-33-17-16-32(20-34(33)48-41)30-10-8-28(9-11-30)29-12-14-31(15-13-29)35-21-46-40(49-35)36-18-26(5)22-52(36)43(55)39(25(3)4)51-45(58)59-7/h8-17,20-21,24-27,36-39,50H,18-19,22-23H2,1-7H3,(H,46,49)(H,47,48)(H,51,58)(H,56,57). The molecular formula is C45H54N8O6. The number of hydrogen-bond donors (Lipinski definition) is 5. The van der Waals surface area contributed by atoms with E-state index in [9.17, 15) is 24.3 Å². The van der Waals surface area contributed by atoms with Crippen LogP contribution >= 0.6 is 0 Å². The molecule has 4 heterocycles. The summed E-state index contributed by atoms with van der Waals surface area (Å²) in [5.74, 6) is 1.26. The first-order valence-electron chi connectivity index (χ1n) is 20.4. The van der Waals surface area contributed by atoms with Crippen LogP contribution in [0.5, 0.6) is 0 Å². The van der Waals surface area contributed by atoms with Crippen LogP contribution in [0, 0.1) is 23.7 Å². The summed E-state index contributed by atoms with van der Waals surface area (Å²) in [6.45, 7) is 12.8. The molecule has 0 aliphatic carbocycles. The number of ether oxygens (including phenoxy) is 1. The van der Waals surface area contributed by atoms with E-state index in [1.165, 1.54) is 7.11 Å². The lowest BCUT2D eigenvalue weighted by atomic mass is 9.99. The van der Waals surface area contributed by atoms with Crippen molar-refractivity contribution in [3.8, 4) is 33.5 Å². The molecule has 2 saturated heterocycles. The highest BCUT2D eigenvalue weighted by atomic mass is 16.5. The topological polar surface area (TPSA) is 186 Å². The molecule has 4 amide bonds. The lowest BCUT2D eigenvalue weighted by Crippen LogP contribution is -2.51. The Balaban J connectivity index is 1.04. The van der Waals surface area contributed by atoms with Gasteiger partial charge in [0.15, 0.2) is 0 Å². The lowest BCUT2D eigenvalue weighted by molar-refractivity contribution is -0.136. The number of H-pyrrole nitrogens is 2. The number of carbonyl (C=O) groups excluding carboxylic acids is 3. The van der Waals surface area contributed by atoms with Gasteiger partial charge >= 0.3 is 12.2 Å². The van der Waals surface area contributed by atoms with Gasteiger partial charge in [0.2, 0.25) is 11.8 Å². The second kappa shape index (κ2) is 17.0. The molecule has 310 valence electrons. The third kappa shape index (κ3) is 8.67. The van der Waals surface area contributed by atoms with Gasteiger partial charge in [0, 0.05) is 13.1 Å². The molecule has 6 unspecified atom stereocenters. The Kier molecular flexibility index (Phi) is 11.8. The molecule has 0 bridgehead atoms. The van der Waals surface area contributed by atoms with Crippen LogP contribution in [0.4, 0.5) is 9.59 Å². The van der Waals surface area contributed by atoms with Crippen molar-refractivity contribution in [1.82, 2.24) is 40.4 Å². The Hall–Kier alpha value is -6.18. The molecule has 2 aliphatic rings. The van der Waals surface area contributed by atoms with Crippen LogP contribution in [0.25, 0.3) is 44.5 Å². The van der Waals surface area contributed by atoms with Gasteiger partial charge in [-0.25, -0.2) is 19.6 Å². The monoisotopic (exact) mass is 802 g/mol. The third-order valence-corrected chi connectivity index (χ3v) is 11.7. The molecule has 2 aliphatic heterocycles. The molecule has 3 aromatic carbocycles. The van der Waals surface area contributed by atoms with Crippen molar-refractivity contribution >= 4 is 35.0 Å². The van der Waals surface area contributed by atoms with Crippen molar-refractivity contribution in [2.75, 3.05) is 20.2 Å². The first-order valence-corrected chi connectivity index (χ1v) is 20.4. The van der Waals surface area contributed by atoms with E-state index in [1.54, 1.807) is 4.90 Å². The molecular weight excluding hydrogens is 749 g/mol. The molecule has 0 spiro atoms. The van der Waals surface area contributed by atoms with Crippen LogP contribution in [0.15, 0.2) is 72.9 Å². The summed E-state index contributed by atoms with van der Waals surface area (Å²) < 4.78 is 4.78. The molecule has 7 rings (SSSR count). The van der Waals surface area contributed by atoms with E-state index in [0.29, 0.717) is 18.9 Å². The molecule has 0 radical (unpaired) electrons. The number of nitrogens with zero attached hydrogens (tertiary/aromatic N) is 4. The SMILES string of the molecule is COC(=O)NC(C(=O)N1CC(C)CC1c1ncc(-c2ccc(-c3ccc(-c4ccc5nc(C6CC(C)CN6C(=O)C(NC(=O)O)C(C)C)[nH]c5c4)cc3)cc2)[nH]1)C(C)C. The maximum absolute atomic E-state index is 13.7. The van der Waals surface area contributed by atoms with E-state index in [1.807, 2.05) is 50.9 Å². The number of aromatic nitrogens is 4. The minimum atomic E-state index is -1.21. The lowest BCUT2D eigenvalue weighted by Gasteiger charge is -2.30. The number of benzene rings is 3. The number of imidazole rings is 2. The van der Waals surface area contributed by atoms with Crippen LogP contribution in [-0.2, 0) is 14.3 Å². The van der Waals surface area contributed by atoms with Crippen molar-refractivity contribution in [3.63, 3.8) is 0 Å². The van der Waals surface area contributed by atoms with E-state index in [4.69, 9.17) is 14.7 Å². The number of methoxy groups -OCH3 is 1. The van der Waals surface area contributed by atoms with Crippen molar-refractivity contribution in [2.24, 2.45) is 23.7 Å². The number of carboxylic acid groups (broad SMARTS) is 1. The number of hydrogen-bond acceptors (Lipinski definition) is 7. The maximum Gasteiger partial charge on any atom is 0.407 e. The second-order valence-electron chi connectivity index (χ2n) is 16.9. The van der Waals surface area contributed by atoms with Gasteiger partial charge in [0.25, 0.3) is 0 Å². The molecule has 2 aromatic heterocycles. The van der Waals surface area contributed by atoms with Gasteiger partial charge in [-0.05, 0) is 76.5 Å². The molecule has 0 saturated carbocycles. The smallest absolute Gasteiger partial charge is 0.407 e. The zero-order valence-corrected chi connectivity index (χ0v) is 34.7. The number of fused-ring (bicyclic) bond motifs is 1. The first-order chi connectivity index (χ1) is 28.2. The number of amides is 4. The number of rotatable bonds is 11. The Morgan fingerprint density at radius 1 is 0.712 bits per heavy atom. The molecule has 2 fully saturated rings. The number of alkyl carbamates (subject to hydrolysis) is 1. The maximum atomic E-state index is 13.7. The summed E-state index contributed by atoms with van der Waals surface area (Å²) in [4.78, 5) is 70.9. The van der Waals surface area contributed by atoms with E-state index in [2.05, 4.69) is 89.0 Å². The van der Waals surface area contributed by atoms with Crippen LogP contribution in [0.3, 0.4) is 0 Å². The quantitative estimate of drug-likeness (QED) is 0.0896. The van der Waals surface area contributed by atoms with Crippen molar-refractivity contribution in [3.05, 3.63) is 84.6 Å². The third-order valence-electron chi connectivity index (χ3n) is 11.7. The largest absolute Gasteiger partial charge is 0.465 e. The fraction of sp³-hybridized carbons (Fsp3) is 0.422. The van der Waals surface area contributed by atoms with Crippen molar-refractivity contribution < 1.29 is 29.0 Å². The number of likely N-dealkylation sites (tertiary alicyclic amines) is 2. The van der Waals surface area contributed by atoms with Crippen LogP contribution in [0.2, 0.25) is 0 Å². The van der Waals surface area contributed by atoms with Gasteiger partial charge in [-0.15, -0.1) is 0 Å². The minimum absolute atomic E-state index is 0.116. The zero-order valence-electron chi connectivity index (χ0n) is 34.7. The molecule has 14 heteroatoms. The van der Waals surface area contributed by atoms with Crippen LogP contribution in [-0.4, -0.2) is 91.1 Å². The highest BCUT2D eigenvalue weighted by Gasteiger charge is 2.41. The van der Waals surface area contributed by atoms with Crippen LogP contribution in [0.1, 0.15) is 78.1 Å².